The van der Waals surface area contributed by atoms with E-state index in [2.05, 4.69) is 53.3 Å². The molecule has 4 rings (SSSR count). The van der Waals surface area contributed by atoms with Crippen LogP contribution in [-0.4, -0.2) is 79.3 Å². The van der Waals surface area contributed by atoms with E-state index in [9.17, 15) is 4.79 Å². The topological polar surface area (TPSA) is 127 Å². The number of carbonyl (C=O) groups excluding carboxylic acids is 1. The molecule has 0 radical (unpaired) electrons. The van der Waals surface area contributed by atoms with Crippen molar-refractivity contribution in [3.8, 4) is 0 Å². The molecule has 2 aromatic heterocycles. The fourth-order valence-corrected chi connectivity index (χ4v) is 3.38. The molecule has 1 fully saturated rings. The highest BCUT2D eigenvalue weighted by Gasteiger charge is 2.29. The summed E-state index contributed by atoms with van der Waals surface area (Å²) < 4.78 is 7.06. The average Bonchev–Trinajstić information content (AvgIpc) is 3.43. The molecule has 0 bridgehead atoms. The largest absolute Gasteiger partial charge is 0.379 e. The molecule has 1 saturated heterocycles. The van der Waals surface area contributed by atoms with Gasteiger partial charge in [-0.25, -0.2) is 4.68 Å². The van der Waals surface area contributed by atoms with E-state index in [4.69, 9.17) is 4.74 Å². The number of nitrogens with zero attached hydrogens (tertiary/aromatic N) is 7. The second-order valence-electron chi connectivity index (χ2n) is 6.72. The number of H-pyrrole nitrogens is 1. The van der Waals surface area contributed by atoms with Crippen LogP contribution in [0.15, 0.2) is 36.5 Å². The van der Waals surface area contributed by atoms with Gasteiger partial charge >= 0.3 is 0 Å². The number of morpholine rings is 1. The van der Waals surface area contributed by atoms with E-state index in [1.807, 2.05) is 18.2 Å². The number of tetrazole rings is 1. The van der Waals surface area contributed by atoms with Gasteiger partial charge in [0.15, 0.2) is 5.82 Å². The molecule has 2 N–H and O–H groups in total. The Morgan fingerprint density at radius 1 is 1.24 bits per heavy atom. The van der Waals surface area contributed by atoms with Crippen molar-refractivity contribution < 1.29 is 9.53 Å². The molecule has 1 aromatic carbocycles. The first-order valence-electron chi connectivity index (χ1n) is 9.55. The van der Waals surface area contributed by atoms with Crippen LogP contribution < -0.4 is 5.32 Å². The molecule has 0 saturated carbocycles. The SMILES string of the molecule is O=C(Cn1nnnc1C(c1ccccc1)N1CCOCC1)NCCc1cn[nH]n1. The summed E-state index contributed by atoms with van der Waals surface area (Å²) in [5.74, 6) is 0.487. The van der Waals surface area contributed by atoms with E-state index in [0.29, 0.717) is 32.0 Å². The molecule has 11 nitrogen and oxygen atoms in total. The Labute approximate surface area is 167 Å². The number of ether oxygens (including phenoxy) is 1. The first-order chi connectivity index (χ1) is 14.3. The van der Waals surface area contributed by atoms with Crippen molar-refractivity contribution in [3.05, 3.63) is 53.6 Å². The number of hydrogen-bond donors (Lipinski definition) is 2. The Balaban J connectivity index is 1.47. The predicted octanol–water partition coefficient (Wildman–Crippen LogP) is -0.428. The maximum atomic E-state index is 12.4. The summed E-state index contributed by atoms with van der Waals surface area (Å²) in [7, 11) is 0. The molecule has 1 unspecified atom stereocenters. The van der Waals surface area contributed by atoms with E-state index in [1.54, 1.807) is 10.9 Å². The summed E-state index contributed by atoms with van der Waals surface area (Å²) in [6, 6.07) is 9.93. The zero-order chi connectivity index (χ0) is 19.9. The van der Waals surface area contributed by atoms with Crippen LogP contribution in [0.3, 0.4) is 0 Å². The first-order valence-corrected chi connectivity index (χ1v) is 9.55. The lowest BCUT2D eigenvalue weighted by Crippen LogP contribution is -2.41. The van der Waals surface area contributed by atoms with E-state index < -0.39 is 0 Å². The fraction of sp³-hybridized carbons (Fsp3) is 0.444. The monoisotopic (exact) mass is 397 g/mol. The zero-order valence-corrected chi connectivity index (χ0v) is 15.9. The Kier molecular flexibility index (Phi) is 6.17. The summed E-state index contributed by atoms with van der Waals surface area (Å²) in [4.78, 5) is 14.7. The molecule has 1 aliphatic heterocycles. The average molecular weight is 397 g/mol. The van der Waals surface area contributed by atoms with Crippen LogP contribution in [0.4, 0.5) is 0 Å². The number of nitrogens with one attached hydrogen (secondary N) is 2. The van der Waals surface area contributed by atoms with E-state index >= 15 is 0 Å². The minimum Gasteiger partial charge on any atom is -0.379 e. The van der Waals surface area contributed by atoms with Crippen molar-refractivity contribution in [1.82, 2.24) is 45.8 Å². The third-order valence-corrected chi connectivity index (χ3v) is 4.79. The summed E-state index contributed by atoms with van der Waals surface area (Å²) in [6.45, 7) is 3.39. The predicted molar refractivity (Wildman–Crippen MR) is 102 cm³/mol. The van der Waals surface area contributed by atoms with Gasteiger partial charge in [0, 0.05) is 26.1 Å². The van der Waals surface area contributed by atoms with Crippen molar-refractivity contribution >= 4 is 5.91 Å². The number of benzene rings is 1. The molecule has 29 heavy (non-hydrogen) atoms. The highest BCUT2D eigenvalue weighted by Crippen LogP contribution is 2.27. The highest BCUT2D eigenvalue weighted by molar-refractivity contribution is 5.75. The Morgan fingerprint density at radius 2 is 2.07 bits per heavy atom. The second-order valence-corrected chi connectivity index (χ2v) is 6.72. The number of hydrogen-bond acceptors (Lipinski definition) is 8. The summed E-state index contributed by atoms with van der Waals surface area (Å²) in [5, 5.41) is 25.3. The van der Waals surface area contributed by atoms with Gasteiger partial charge in [0.05, 0.1) is 31.1 Å². The van der Waals surface area contributed by atoms with Gasteiger partial charge < -0.3 is 10.1 Å². The summed E-state index contributed by atoms with van der Waals surface area (Å²) >= 11 is 0. The first kappa shape index (κ1) is 19.2. The van der Waals surface area contributed by atoms with Crippen LogP contribution in [-0.2, 0) is 22.5 Å². The normalized spacial score (nSPS) is 15.9. The minimum atomic E-state index is -0.157. The molecule has 0 spiro atoms. The molecule has 11 heteroatoms. The van der Waals surface area contributed by atoms with Crippen molar-refractivity contribution in [2.75, 3.05) is 32.8 Å². The maximum absolute atomic E-state index is 12.4. The summed E-state index contributed by atoms with van der Waals surface area (Å²) in [5.41, 5.74) is 1.88. The Bertz CT molecular complexity index is 891. The molecule has 3 heterocycles. The molecule has 1 aliphatic rings. The van der Waals surface area contributed by atoms with Crippen LogP contribution in [0.2, 0.25) is 0 Å². The van der Waals surface area contributed by atoms with Gasteiger partial charge in [-0.15, -0.1) is 5.10 Å². The number of aromatic nitrogens is 7. The quantitative estimate of drug-likeness (QED) is 0.524. The lowest BCUT2D eigenvalue weighted by molar-refractivity contribution is -0.121. The third-order valence-electron chi connectivity index (χ3n) is 4.79. The van der Waals surface area contributed by atoms with Crippen molar-refractivity contribution in [3.63, 3.8) is 0 Å². The second kappa shape index (κ2) is 9.34. The van der Waals surface area contributed by atoms with Crippen LogP contribution in [0, 0.1) is 0 Å². The highest BCUT2D eigenvalue weighted by atomic mass is 16.5. The van der Waals surface area contributed by atoms with Gasteiger partial charge in [-0.1, -0.05) is 30.3 Å². The van der Waals surface area contributed by atoms with Crippen LogP contribution in [0.25, 0.3) is 0 Å². The Morgan fingerprint density at radius 3 is 2.83 bits per heavy atom. The number of aromatic amines is 1. The van der Waals surface area contributed by atoms with Gasteiger partial charge in [0.25, 0.3) is 0 Å². The number of carbonyl (C=O) groups is 1. The lowest BCUT2D eigenvalue weighted by Gasteiger charge is -2.33. The van der Waals surface area contributed by atoms with Crippen molar-refractivity contribution in [2.45, 2.75) is 19.0 Å². The Hall–Kier alpha value is -3.18. The van der Waals surface area contributed by atoms with Crippen LogP contribution in [0.5, 0.6) is 0 Å². The van der Waals surface area contributed by atoms with Gasteiger partial charge in [-0.2, -0.15) is 15.4 Å². The third kappa shape index (κ3) is 4.81. The van der Waals surface area contributed by atoms with Gasteiger partial charge in [-0.05, 0) is 16.0 Å². The molecule has 3 aromatic rings. The smallest absolute Gasteiger partial charge is 0.241 e. The van der Waals surface area contributed by atoms with Gasteiger partial charge in [0.1, 0.15) is 6.54 Å². The lowest BCUT2D eigenvalue weighted by atomic mass is 10.0. The number of amides is 1. The standard InChI is InChI=1S/C18H23N9O2/c28-16(19-7-6-15-12-20-23-21-15)13-27-18(22-24-25-27)17(14-4-2-1-3-5-14)26-8-10-29-11-9-26/h1-5,12,17H,6-11,13H2,(H,19,28)(H,20,21,23). The summed E-state index contributed by atoms with van der Waals surface area (Å²) in [6.07, 6.45) is 2.24. The maximum Gasteiger partial charge on any atom is 0.241 e. The van der Waals surface area contributed by atoms with E-state index in [1.165, 1.54) is 0 Å². The molecule has 1 atom stereocenters. The number of rotatable bonds is 8. The molecular formula is C18H23N9O2. The van der Waals surface area contributed by atoms with Gasteiger partial charge in [0.2, 0.25) is 5.91 Å². The van der Waals surface area contributed by atoms with Crippen molar-refractivity contribution in [1.29, 1.82) is 0 Å². The minimum absolute atomic E-state index is 0.0504. The van der Waals surface area contributed by atoms with Crippen molar-refractivity contribution in [2.24, 2.45) is 0 Å². The zero-order valence-electron chi connectivity index (χ0n) is 15.9. The molecule has 152 valence electrons. The fourth-order valence-electron chi connectivity index (χ4n) is 3.38. The van der Waals surface area contributed by atoms with E-state index in [-0.39, 0.29) is 18.5 Å². The van der Waals surface area contributed by atoms with Crippen LogP contribution in [0.1, 0.15) is 23.1 Å². The van der Waals surface area contributed by atoms with Gasteiger partial charge in [-0.3, -0.25) is 9.69 Å². The van der Waals surface area contributed by atoms with Crippen LogP contribution >= 0.6 is 0 Å². The molecule has 1 amide bonds. The molecule has 0 aliphatic carbocycles. The molecular weight excluding hydrogens is 374 g/mol. The van der Waals surface area contributed by atoms with E-state index in [0.717, 1.165) is 24.3 Å².